The van der Waals surface area contributed by atoms with Crippen molar-refractivity contribution < 1.29 is 23.8 Å². The molecule has 19 heavy (non-hydrogen) atoms. The molecule has 0 aromatic heterocycles. The minimum absolute atomic E-state index is 0.148. The molecule has 7 heteroatoms. The first-order chi connectivity index (χ1) is 9.11. The molecule has 1 amide bonds. The van der Waals surface area contributed by atoms with Crippen molar-refractivity contribution in [2.24, 2.45) is 5.73 Å². The number of hydrogen-bond donors (Lipinski definition) is 2. The summed E-state index contributed by atoms with van der Waals surface area (Å²) in [4.78, 5) is 23.0. The van der Waals surface area contributed by atoms with Crippen LogP contribution >= 0.6 is 0 Å². The summed E-state index contributed by atoms with van der Waals surface area (Å²) in [6.45, 7) is 1.96. The molecule has 1 heterocycles. The van der Waals surface area contributed by atoms with Gasteiger partial charge in [0.05, 0.1) is 6.61 Å². The molecule has 1 atom stereocenters. The fraction of sp³-hybridized carbons (Fsp3) is 0.333. The van der Waals surface area contributed by atoms with E-state index in [0.29, 0.717) is 17.2 Å². The van der Waals surface area contributed by atoms with Crippen LogP contribution in [0.15, 0.2) is 18.2 Å². The molecule has 3 N–H and O–H groups in total. The van der Waals surface area contributed by atoms with E-state index in [0.717, 1.165) is 0 Å². The molecule has 1 aromatic carbocycles. The number of nitrogens with two attached hydrogens (primary N) is 1. The molecule has 0 radical (unpaired) electrons. The number of carbonyl (C=O) groups is 2. The van der Waals surface area contributed by atoms with Gasteiger partial charge in [-0.15, -0.1) is 0 Å². The van der Waals surface area contributed by atoms with E-state index in [-0.39, 0.29) is 13.4 Å². The Morgan fingerprint density at radius 1 is 1.42 bits per heavy atom. The van der Waals surface area contributed by atoms with Crippen LogP contribution in [-0.2, 0) is 14.3 Å². The highest BCUT2D eigenvalue weighted by molar-refractivity contribution is 6.08. The van der Waals surface area contributed by atoms with Crippen molar-refractivity contribution in [2.75, 3.05) is 18.7 Å². The highest BCUT2D eigenvalue weighted by Gasteiger charge is 2.24. The zero-order valence-corrected chi connectivity index (χ0v) is 10.3. The van der Waals surface area contributed by atoms with Crippen LogP contribution in [0.2, 0.25) is 0 Å². The summed E-state index contributed by atoms with van der Waals surface area (Å²) in [7, 11) is 0. The predicted octanol–water partition coefficient (Wildman–Crippen LogP) is 0.244. The van der Waals surface area contributed by atoms with Gasteiger partial charge >= 0.3 is 5.97 Å². The summed E-state index contributed by atoms with van der Waals surface area (Å²) in [5, 5.41) is 2.51. The zero-order chi connectivity index (χ0) is 13.8. The number of fused-ring (bicyclic) bond motifs is 1. The Morgan fingerprint density at radius 3 is 2.89 bits per heavy atom. The van der Waals surface area contributed by atoms with Gasteiger partial charge < -0.3 is 25.3 Å². The Kier molecular flexibility index (Phi) is 3.86. The van der Waals surface area contributed by atoms with Gasteiger partial charge in [-0.25, -0.2) is 4.79 Å². The summed E-state index contributed by atoms with van der Waals surface area (Å²) < 4.78 is 15.0. The number of anilines is 1. The van der Waals surface area contributed by atoms with Gasteiger partial charge in [-0.05, 0) is 19.1 Å². The second kappa shape index (κ2) is 5.57. The van der Waals surface area contributed by atoms with Crippen LogP contribution < -0.4 is 20.5 Å². The van der Waals surface area contributed by atoms with Crippen molar-refractivity contribution in [2.45, 2.75) is 13.0 Å². The van der Waals surface area contributed by atoms with Crippen molar-refractivity contribution >= 4 is 17.6 Å². The number of amides is 1. The molecule has 1 aliphatic rings. The second-order valence-electron chi connectivity index (χ2n) is 3.79. The highest BCUT2D eigenvalue weighted by atomic mass is 16.7. The van der Waals surface area contributed by atoms with Crippen LogP contribution in [0.5, 0.6) is 11.5 Å². The first-order valence-electron chi connectivity index (χ1n) is 5.74. The van der Waals surface area contributed by atoms with Gasteiger partial charge in [0.25, 0.3) is 5.91 Å². The van der Waals surface area contributed by atoms with Crippen LogP contribution in [0.25, 0.3) is 0 Å². The average Bonchev–Trinajstić information content (AvgIpc) is 2.85. The summed E-state index contributed by atoms with van der Waals surface area (Å²) in [5.41, 5.74) is 5.93. The molecule has 0 saturated heterocycles. The third kappa shape index (κ3) is 2.94. The van der Waals surface area contributed by atoms with E-state index in [4.69, 9.17) is 15.2 Å². The first kappa shape index (κ1) is 13.2. The van der Waals surface area contributed by atoms with E-state index >= 15 is 0 Å². The molecule has 0 spiro atoms. The summed E-state index contributed by atoms with van der Waals surface area (Å²) in [5.74, 6) is -0.270. The largest absolute Gasteiger partial charge is 0.464 e. The van der Waals surface area contributed by atoms with Crippen molar-refractivity contribution in [3.8, 4) is 11.5 Å². The van der Waals surface area contributed by atoms with Gasteiger partial charge in [-0.3, -0.25) is 4.79 Å². The standard InChI is InChI=1S/C12H14N2O5/c1-2-17-12(16)10(13)11(15)14-7-3-4-8-9(5-7)19-6-18-8/h3-5,10H,2,6,13H2,1H3,(H,14,15). The summed E-state index contributed by atoms with van der Waals surface area (Å²) in [6.07, 6.45) is 0. The number of hydrogen-bond acceptors (Lipinski definition) is 6. The SMILES string of the molecule is CCOC(=O)C(N)C(=O)Nc1ccc2c(c1)OCO2. The maximum atomic E-state index is 11.7. The van der Waals surface area contributed by atoms with Crippen molar-refractivity contribution in [3.63, 3.8) is 0 Å². The van der Waals surface area contributed by atoms with Gasteiger partial charge in [0.2, 0.25) is 6.79 Å². The monoisotopic (exact) mass is 266 g/mol. The van der Waals surface area contributed by atoms with E-state index in [2.05, 4.69) is 10.1 Å². The zero-order valence-electron chi connectivity index (χ0n) is 10.3. The summed E-state index contributed by atoms with van der Waals surface area (Å²) in [6, 6.07) is 3.53. The number of benzene rings is 1. The van der Waals surface area contributed by atoms with Crippen molar-refractivity contribution in [1.29, 1.82) is 0 Å². The van der Waals surface area contributed by atoms with Crippen molar-refractivity contribution in [3.05, 3.63) is 18.2 Å². The lowest BCUT2D eigenvalue weighted by atomic mass is 10.2. The quantitative estimate of drug-likeness (QED) is 0.598. The second-order valence-corrected chi connectivity index (χ2v) is 3.79. The molecule has 0 bridgehead atoms. The Hall–Kier alpha value is -2.28. The minimum atomic E-state index is -1.36. The molecule has 7 nitrogen and oxygen atoms in total. The third-order valence-electron chi connectivity index (χ3n) is 2.46. The van der Waals surface area contributed by atoms with Crippen LogP contribution in [0.4, 0.5) is 5.69 Å². The van der Waals surface area contributed by atoms with Gasteiger partial charge in [-0.2, -0.15) is 0 Å². The maximum Gasteiger partial charge on any atom is 0.332 e. The number of ether oxygens (including phenoxy) is 3. The molecular weight excluding hydrogens is 252 g/mol. The van der Waals surface area contributed by atoms with E-state index in [1.54, 1.807) is 25.1 Å². The lowest BCUT2D eigenvalue weighted by molar-refractivity contribution is -0.146. The van der Waals surface area contributed by atoms with Gasteiger partial charge in [0, 0.05) is 11.8 Å². The fourth-order valence-corrected chi connectivity index (χ4v) is 1.53. The van der Waals surface area contributed by atoms with Crippen LogP contribution in [-0.4, -0.2) is 31.3 Å². The van der Waals surface area contributed by atoms with Gasteiger partial charge in [-0.1, -0.05) is 0 Å². The Morgan fingerprint density at radius 2 is 2.16 bits per heavy atom. The van der Waals surface area contributed by atoms with Crippen molar-refractivity contribution in [1.82, 2.24) is 0 Å². The van der Waals surface area contributed by atoms with Crippen LogP contribution in [0.1, 0.15) is 6.92 Å². The van der Waals surface area contributed by atoms with Crippen LogP contribution in [0.3, 0.4) is 0 Å². The number of rotatable bonds is 4. The van der Waals surface area contributed by atoms with E-state index in [1.165, 1.54) is 0 Å². The Bertz CT molecular complexity index is 503. The smallest absolute Gasteiger partial charge is 0.332 e. The predicted molar refractivity (Wildman–Crippen MR) is 65.8 cm³/mol. The lowest BCUT2D eigenvalue weighted by Gasteiger charge is -2.11. The molecule has 0 saturated carbocycles. The minimum Gasteiger partial charge on any atom is -0.464 e. The Balaban J connectivity index is 2.01. The number of esters is 1. The van der Waals surface area contributed by atoms with Crippen LogP contribution in [0, 0.1) is 0 Å². The molecule has 0 fully saturated rings. The normalized spacial score (nSPS) is 13.8. The summed E-state index contributed by atoms with van der Waals surface area (Å²) >= 11 is 0. The third-order valence-corrected chi connectivity index (χ3v) is 2.46. The van der Waals surface area contributed by atoms with E-state index in [9.17, 15) is 9.59 Å². The molecule has 2 rings (SSSR count). The highest BCUT2D eigenvalue weighted by Crippen LogP contribution is 2.34. The maximum absolute atomic E-state index is 11.7. The molecular formula is C12H14N2O5. The number of carbonyl (C=O) groups excluding carboxylic acids is 2. The molecule has 0 aliphatic carbocycles. The average molecular weight is 266 g/mol. The van der Waals surface area contributed by atoms with E-state index < -0.39 is 17.9 Å². The molecule has 102 valence electrons. The van der Waals surface area contributed by atoms with Gasteiger partial charge in [0.1, 0.15) is 0 Å². The Labute approximate surface area is 109 Å². The van der Waals surface area contributed by atoms with Gasteiger partial charge in [0.15, 0.2) is 17.5 Å². The topological polar surface area (TPSA) is 99.9 Å². The fourth-order valence-electron chi connectivity index (χ4n) is 1.53. The molecule has 1 unspecified atom stereocenters. The first-order valence-corrected chi connectivity index (χ1v) is 5.74. The molecule has 1 aliphatic heterocycles. The molecule has 1 aromatic rings. The number of nitrogens with one attached hydrogen (secondary N) is 1. The van der Waals surface area contributed by atoms with E-state index in [1.807, 2.05) is 0 Å². The lowest BCUT2D eigenvalue weighted by Crippen LogP contribution is -2.43.